The van der Waals surface area contributed by atoms with E-state index in [1.165, 1.54) is 0 Å². The molecule has 0 saturated carbocycles. The molecular formula is C15H11Br2ClO. The van der Waals surface area contributed by atoms with Crippen LogP contribution in [-0.2, 0) is 17.6 Å². The van der Waals surface area contributed by atoms with E-state index in [4.69, 9.17) is 11.6 Å². The maximum absolute atomic E-state index is 12.0. The minimum Gasteiger partial charge on any atom is -0.299 e. The Morgan fingerprint density at radius 2 is 1.58 bits per heavy atom. The van der Waals surface area contributed by atoms with E-state index in [1.54, 1.807) is 0 Å². The molecular weight excluding hydrogens is 391 g/mol. The smallest absolute Gasteiger partial charge is 0.141 e. The molecule has 98 valence electrons. The lowest BCUT2D eigenvalue weighted by molar-refractivity contribution is -0.117. The number of Topliss-reactive ketones (excluding diaryl/α,β-unsaturated/α-hetero) is 1. The van der Waals surface area contributed by atoms with Crippen molar-refractivity contribution in [1.82, 2.24) is 0 Å². The van der Waals surface area contributed by atoms with Crippen LogP contribution >= 0.6 is 43.5 Å². The van der Waals surface area contributed by atoms with Crippen molar-refractivity contribution in [3.63, 3.8) is 0 Å². The van der Waals surface area contributed by atoms with Crippen LogP contribution in [0.15, 0.2) is 51.4 Å². The van der Waals surface area contributed by atoms with E-state index in [2.05, 4.69) is 31.9 Å². The van der Waals surface area contributed by atoms with Crippen LogP contribution in [0.5, 0.6) is 0 Å². The zero-order valence-electron chi connectivity index (χ0n) is 10.00. The van der Waals surface area contributed by atoms with Crippen molar-refractivity contribution < 1.29 is 4.79 Å². The Balaban J connectivity index is 2.03. The molecule has 0 fully saturated rings. The Bertz CT molecular complexity index is 594. The number of carbonyl (C=O) groups excluding carboxylic acids is 1. The van der Waals surface area contributed by atoms with Gasteiger partial charge in [-0.3, -0.25) is 4.79 Å². The second-order valence-electron chi connectivity index (χ2n) is 4.25. The Labute approximate surface area is 134 Å². The Morgan fingerprint density at radius 3 is 2.21 bits per heavy atom. The van der Waals surface area contributed by atoms with Crippen LogP contribution in [0, 0.1) is 0 Å². The van der Waals surface area contributed by atoms with Crippen LogP contribution in [0.25, 0.3) is 0 Å². The van der Waals surface area contributed by atoms with Gasteiger partial charge in [-0.25, -0.2) is 0 Å². The summed E-state index contributed by atoms with van der Waals surface area (Å²) in [6.07, 6.45) is 0.794. The number of benzene rings is 2. The third kappa shape index (κ3) is 4.44. The van der Waals surface area contributed by atoms with Gasteiger partial charge in [-0.1, -0.05) is 61.7 Å². The Kier molecular flexibility index (Phi) is 5.20. The highest BCUT2D eigenvalue weighted by atomic mass is 79.9. The predicted octanol–water partition coefficient (Wildman–Crippen LogP) is 5.22. The molecule has 0 aromatic heterocycles. The van der Waals surface area contributed by atoms with Crippen molar-refractivity contribution in [2.24, 2.45) is 0 Å². The molecule has 19 heavy (non-hydrogen) atoms. The van der Waals surface area contributed by atoms with E-state index < -0.39 is 0 Å². The molecule has 0 radical (unpaired) electrons. The first kappa shape index (κ1) is 14.8. The highest BCUT2D eigenvalue weighted by Crippen LogP contribution is 2.22. The molecule has 0 aliphatic heterocycles. The average Bonchev–Trinajstić information content (AvgIpc) is 2.36. The van der Waals surface area contributed by atoms with E-state index in [1.807, 2.05) is 42.5 Å². The molecule has 0 atom stereocenters. The van der Waals surface area contributed by atoms with Gasteiger partial charge in [0.05, 0.1) is 0 Å². The van der Waals surface area contributed by atoms with Gasteiger partial charge in [0.1, 0.15) is 5.78 Å². The van der Waals surface area contributed by atoms with Crippen LogP contribution in [0.1, 0.15) is 11.1 Å². The lowest BCUT2D eigenvalue weighted by Gasteiger charge is -2.05. The summed E-state index contributed by atoms with van der Waals surface area (Å²) in [5.41, 5.74) is 1.88. The molecule has 2 aromatic rings. The van der Waals surface area contributed by atoms with Gasteiger partial charge in [0.15, 0.2) is 0 Å². The molecule has 0 saturated heterocycles. The van der Waals surface area contributed by atoms with Gasteiger partial charge in [0.25, 0.3) is 0 Å². The van der Waals surface area contributed by atoms with Gasteiger partial charge in [0, 0.05) is 26.8 Å². The minimum atomic E-state index is 0.159. The van der Waals surface area contributed by atoms with Crippen molar-refractivity contribution in [2.75, 3.05) is 0 Å². The summed E-state index contributed by atoms with van der Waals surface area (Å²) in [7, 11) is 0. The van der Waals surface area contributed by atoms with E-state index >= 15 is 0 Å². The first-order valence-electron chi connectivity index (χ1n) is 5.74. The van der Waals surface area contributed by atoms with Crippen molar-refractivity contribution in [2.45, 2.75) is 12.8 Å². The highest BCUT2D eigenvalue weighted by Gasteiger charge is 2.08. The molecule has 0 unspecified atom stereocenters. The van der Waals surface area contributed by atoms with Gasteiger partial charge >= 0.3 is 0 Å². The monoisotopic (exact) mass is 400 g/mol. The topological polar surface area (TPSA) is 17.1 Å². The van der Waals surface area contributed by atoms with E-state index in [-0.39, 0.29) is 5.78 Å². The second kappa shape index (κ2) is 6.69. The van der Waals surface area contributed by atoms with Crippen LogP contribution < -0.4 is 0 Å². The summed E-state index contributed by atoms with van der Waals surface area (Å²) in [5.74, 6) is 0.159. The predicted molar refractivity (Wildman–Crippen MR) is 85.7 cm³/mol. The standard InChI is InChI=1S/C15H11Br2ClO/c16-12-4-1-10(2-5-12)7-14(19)8-11-3-6-13(17)9-15(11)18/h1-6,9H,7-8H2. The number of hydrogen-bond donors (Lipinski definition) is 0. The lowest BCUT2D eigenvalue weighted by atomic mass is 10.0. The van der Waals surface area contributed by atoms with Crippen LogP contribution in [0.4, 0.5) is 0 Å². The number of carbonyl (C=O) groups is 1. The van der Waals surface area contributed by atoms with Gasteiger partial charge in [-0.15, -0.1) is 0 Å². The SMILES string of the molecule is O=C(Cc1ccc(Br)cc1)Cc1ccc(Br)cc1Cl. The molecule has 4 heteroatoms. The summed E-state index contributed by atoms with van der Waals surface area (Å²) < 4.78 is 1.93. The Hall–Kier alpha value is -0.640. The number of hydrogen-bond acceptors (Lipinski definition) is 1. The van der Waals surface area contributed by atoms with Crippen molar-refractivity contribution >= 4 is 49.2 Å². The zero-order valence-corrected chi connectivity index (χ0v) is 13.9. The van der Waals surface area contributed by atoms with E-state index in [0.29, 0.717) is 17.9 Å². The van der Waals surface area contributed by atoms with Crippen LogP contribution in [-0.4, -0.2) is 5.78 Å². The summed E-state index contributed by atoms with van der Waals surface area (Å²) in [6, 6.07) is 13.4. The summed E-state index contributed by atoms with van der Waals surface area (Å²) in [5, 5.41) is 0.624. The van der Waals surface area contributed by atoms with Crippen molar-refractivity contribution in [3.8, 4) is 0 Å². The average molecular weight is 403 g/mol. The van der Waals surface area contributed by atoms with E-state index in [0.717, 1.165) is 20.1 Å². The molecule has 0 N–H and O–H groups in total. The maximum atomic E-state index is 12.0. The van der Waals surface area contributed by atoms with Gasteiger partial charge in [0.2, 0.25) is 0 Å². The normalized spacial score (nSPS) is 10.5. The largest absolute Gasteiger partial charge is 0.299 e. The van der Waals surface area contributed by atoms with Crippen molar-refractivity contribution in [1.29, 1.82) is 0 Å². The number of rotatable bonds is 4. The lowest BCUT2D eigenvalue weighted by Crippen LogP contribution is -2.06. The fraction of sp³-hybridized carbons (Fsp3) is 0.133. The quantitative estimate of drug-likeness (QED) is 0.685. The second-order valence-corrected chi connectivity index (χ2v) is 6.49. The molecule has 2 aromatic carbocycles. The molecule has 0 spiro atoms. The molecule has 0 aliphatic carbocycles. The first-order valence-corrected chi connectivity index (χ1v) is 7.71. The minimum absolute atomic E-state index is 0.159. The summed E-state index contributed by atoms with van der Waals surface area (Å²) >= 11 is 12.8. The maximum Gasteiger partial charge on any atom is 0.141 e. The number of halogens is 3. The van der Waals surface area contributed by atoms with Crippen LogP contribution in [0.2, 0.25) is 5.02 Å². The van der Waals surface area contributed by atoms with Crippen molar-refractivity contribution in [3.05, 3.63) is 67.6 Å². The fourth-order valence-electron chi connectivity index (χ4n) is 1.77. The van der Waals surface area contributed by atoms with Gasteiger partial charge in [-0.2, -0.15) is 0 Å². The van der Waals surface area contributed by atoms with Gasteiger partial charge in [-0.05, 0) is 35.4 Å². The summed E-state index contributed by atoms with van der Waals surface area (Å²) in [4.78, 5) is 12.0. The molecule has 0 heterocycles. The molecule has 0 bridgehead atoms. The third-order valence-corrected chi connectivity index (χ3v) is 4.09. The van der Waals surface area contributed by atoms with Gasteiger partial charge < -0.3 is 0 Å². The van der Waals surface area contributed by atoms with E-state index in [9.17, 15) is 4.79 Å². The molecule has 2 rings (SSSR count). The third-order valence-electron chi connectivity index (χ3n) is 2.72. The molecule has 0 aliphatic rings. The fourth-order valence-corrected chi connectivity index (χ4v) is 2.77. The summed E-state index contributed by atoms with van der Waals surface area (Å²) in [6.45, 7) is 0. The highest BCUT2D eigenvalue weighted by molar-refractivity contribution is 9.10. The van der Waals surface area contributed by atoms with Crippen LogP contribution in [0.3, 0.4) is 0 Å². The first-order chi connectivity index (χ1) is 9.04. The number of ketones is 1. The zero-order chi connectivity index (χ0) is 13.8. The molecule has 1 nitrogen and oxygen atoms in total. The Morgan fingerprint density at radius 1 is 0.947 bits per heavy atom. The molecule has 0 amide bonds.